The Bertz CT molecular complexity index is 1640. The van der Waals surface area contributed by atoms with Crippen LogP contribution in [0.5, 0.6) is 5.75 Å². The highest BCUT2D eigenvalue weighted by Crippen LogP contribution is 2.42. The second kappa shape index (κ2) is 14.2. The zero-order chi connectivity index (χ0) is 30.2. The summed E-state index contributed by atoms with van der Waals surface area (Å²) in [6.45, 7) is 11.6. The van der Waals surface area contributed by atoms with Crippen molar-refractivity contribution < 1.29 is 14.3 Å². The summed E-state index contributed by atoms with van der Waals surface area (Å²) < 4.78 is 10.8. The molecule has 0 radical (unpaired) electrons. The molecule has 0 bridgehead atoms. The average molecular weight is 619 g/mol. The summed E-state index contributed by atoms with van der Waals surface area (Å²) in [7, 11) is 0. The van der Waals surface area contributed by atoms with Gasteiger partial charge < -0.3 is 20.9 Å². The molecule has 0 aliphatic rings. The van der Waals surface area contributed by atoms with Crippen molar-refractivity contribution in [3.8, 4) is 33.5 Å². The van der Waals surface area contributed by atoms with Gasteiger partial charge in [0.25, 0.3) is 0 Å². The maximum Gasteiger partial charge on any atom is 0.323 e. The second-order valence-electron chi connectivity index (χ2n) is 9.37. The number of nitrogens with two attached hydrogens (primary N) is 2. The fraction of sp³-hybridized carbons (Fsp3) is 0.233. The lowest BCUT2D eigenvalue weighted by Crippen LogP contribution is -2.37. The van der Waals surface area contributed by atoms with E-state index in [4.69, 9.17) is 44.1 Å². The average Bonchev–Trinajstić information content (AvgIpc) is 3.47. The number of ether oxygens (including phenoxy) is 2. The Morgan fingerprint density at radius 3 is 2.48 bits per heavy atom. The molecule has 214 valence electrons. The molecule has 0 spiro atoms. The van der Waals surface area contributed by atoms with Gasteiger partial charge in [-0.05, 0) is 35.7 Å². The van der Waals surface area contributed by atoms with Crippen molar-refractivity contribution in [2.75, 3.05) is 18.9 Å². The highest BCUT2D eigenvalue weighted by atomic mass is 35.5. The van der Waals surface area contributed by atoms with Gasteiger partial charge in [-0.1, -0.05) is 61.5 Å². The van der Waals surface area contributed by atoms with Crippen LogP contribution in [0, 0.1) is 23.8 Å². The van der Waals surface area contributed by atoms with Crippen LogP contribution in [0.2, 0.25) is 5.02 Å². The molecule has 0 aliphatic carbocycles. The van der Waals surface area contributed by atoms with Gasteiger partial charge in [0.2, 0.25) is 5.69 Å². The molecular formula is C30H27ClN6O3S2. The van der Waals surface area contributed by atoms with Crippen LogP contribution in [0.4, 0.5) is 11.5 Å². The first-order valence-corrected chi connectivity index (χ1v) is 15.1. The van der Waals surface area contributed by atoms with Crippen molar-refractivity contribution in [3.63, 3.8) is 0 Å². The van der Waals surface area contributed by atoms with Crippen LogP contribution in [0.3, 0.4) is 0 Å². The first-order chi connectivity index (χ1) is 20.2. The molecule has 9 nitrogen and oxygen atoms in total. The molecule has 0 unspecified atom stereocenters. The summed E-state index contributed by atoms with van der Waals surface area (Å²) in [4.78, 5) is 24.6. The lowest BCUT2D eigenvalue weighted by Gasteiger charge is -2.15. The smallest absolute Gasteiger partial charge is 0.323 e. The number of rotatable bonds is 11. The number of thiazole rings is 1. The minimum Gasteiger partial charge on any atom is -0.490 e. The molecule has 12 heteroatoms. The van der Waals surface area contributed by atoms with Crippen LogP contribution in [0.25, 0.3) is 26.5 Å². The number of nitrogens with zero attached hydrogens (tertiary/aromatic N) is 4. The van der Waals surface area contributed by atoms with Crippen molar-refractivity contribution in [1.29, 1.82) is 5.26 Å². The topological polar surface area (TPSA) is 142 Å². The van der Waals surface area contributed by atoms with Crippen LogP contribution >= 0.6 is 34.7 Å². The van der Waals surface area contributed by atoms with Gasteiger partial charge in [-0.15, -0.1) is 11.3 Å². The number of nitrogen functional groups attached to an aromatic ring is 1. The zero-order valence-corrected chi connectivity index (χ0v) is 25.2. The Labute approximate surface area is 257 Å². The van der Waals surface area contributed by atoms with E-state index < -0.39 is 12.0 Å². The highest BCUT2D eigenvalue weighted by molar-refractivity contribution is 7.98. The Hall–Kier alpha value is -4.13. The van der Waals surface area contributed by atoms with E-state index >= 15 is 0 Å². The standard InChI is InChI=1S/C30H27ClN6O3S2/c1-17(2)25(33)30(38)40-13-12-39-22-10-6-18(7-11-22)24-23(14-32)29(37-27(34)26(24)35-3)42-16-21-15-41-28(36-21)19-4-8-20(31)9-5-19/h4-11,15,17,25H,12-13,16,33H2,1-2H3,(H2,34,37)/t25-/m0/s1. The molecule has 4 aromatic rings. The predicted octanol–water partition coefficient (Wildman–Crippen LogP) is 6.73. The third-order valence-corrected chi connectivity index (χ3v) is 8.32. The molecule has 0 amide bonds. The summed E-state index contributed by atoms with van der Waals surface area (Å²) in [5, 5.41) is 14.0. The van der Waals surface area contributed by atoms with Gasteiger partial charge in [0, 0.05) is 27.3 Å². The largest absolute Gasteiger partial charge is 0.490 e. The number of hydrogen-bond acceptors (Lipinski definition) is 10. The number of carbonyl (C=O) groups excluding carboxylic acids is 1. The zero-order valence-electron chi connectivity index (χ0n) is 22.8. The molecule has 42 heavy (non-hydrogen) atoms. The van der Waals surface area contributed by atoms with Gasteiger partial charge in [-0.25, -0.2) is 14.8 Å². The molecule has 4 N–H and O–H groups in total. The van der Waals surface area contributed by atoms with Gasteiger partial charge in [-0.2, -0.15) is 5.26 Å². The summed E-state index contributed by atoms with van der Waals surface area (Å²) in [6, 6.07) is 15.9. The number of thioether (sulfide) groups is 1. The molecule has 4 rings (SSSR count). The van der Waals surface area contributed by atoms with Gasteiger partial charge >= 0.3 is 5.97 Å². The van der Waals surface area contributed by atoms with E-state index in [0.29, 0.717) is 32.7 Å². The number of halogens is 1. The Morgan fingerprint density at radius 1 is 1.14 bits per heavy atom. The third-order valence-electron chi connectivity index (χ3n) is 6.12. The van der Waals surface area contributed by atoms with Crippen LogP contribution < -0.4 is 16.2 Å². The van der Waals surface area contributed by atoms with Gasteiger partial charge in [0.15, 0.2) is 0 Å². The summed E-state index contributed by atoms with van der Waals surface area (Å²) in [5.41, 5.74) is 15.2. The first kappa shape index (κ1) is 30.8. The predicted molar refractivity (Wildman–Crippen MR) is 166 cm³/mol. The lowest BCUT2D eigenvalue weighted by molar-refractivity contribution is -0.147. The lowest BCUT2D eigenvalue weighted by atomic mass is 10.00. The number of pyridine rings is 1. The van der Waals surface area contributed by atoms with Crippen molar-refractivity contribution in [2.45, 2.75) is 30.7 Å². The van der Waals surface area contributed by atoms with E-state index in [1.54, 1.807) is 24.3 Å². The van der Waals surface area contributed by atoms with Crippen LogP contribution in [-0.4, -0.2) is 35.2 Å². The van der Waals surface area contributed by atoms with Crippen molar-refractivity contribution >= 4 is 52.2 Å². The number of carbonyl (C=O) groups is 1. The molecule has 2 aromatic heterocycles. The van der Waals surface area contributed by atoms with Gasteiger partial charge in [0.05, 0.1) is 17.8 Å². The summed E-state index contributed by atoms with van der Waals surface area (Å²) in [5.74, 6) is 0.541. The van der Waals surface area contributed by atoms with E-state index in [-0.39, 0.29) is 36.2 Å². The highest BCUT2D eigenvalue weighted by Gasteiger charge is 2.21. The molecule has 1 atom stereocenters. The number of anilines is 1. The van der Waals surface area contributed by atoms with Gasteiger partial charge in [-0.3, -0.25) is 4.79 Å². The molecule has 2 aromatic carbocycles. The SMILES string of the molecule is [C-]#[N+]c1c(N)nc(SCc2csc(-c3ccc(Cl)cc3)n2)c(C#N)c1-c1ccc(OCCOC(=O)[C@@H](N)C(C)C)cc1. The van der Waals surface area contributed by atoms with Crippen LogP contribution in [0.15, 0.2) is 58.9 Å². The molecule has 0 saturated carbocycles. The van der Waals surface area contributed by atoms with E-state index in [1.807, 2.05) is 43.5 Å². The van der Waals surface area contributed by atoms with E-state index in [1.165, 1.54) is 23.1 Å². The van der Waals surface area contributed by atoms with E-state index in [0.717, 1.165) is 16.3 Å². The first-order valence-electron chi connectivity index (χ1n) is 12.8. The van der Waals surface area contributed by atoms with Crippen LogP contribution in [0.1, 0.15) is 25.1 Å². The monoisotopic (exact) mass is 618 g/mol. The quantitative estimate of drug-likeness (QED) is 0.0809. The van der Waals surface area contributed by atoms with Crippen molar-refractivity contribution in [1.82, 2.24) is 9.97 Å². The fourth-order valence-corrected chi connectivity index (χ4v) is 5.75. The van der Waals surface area contributed by atoms with E-state index in [2.05, 4.69) is 15.9 Å². The van der Waals surface area contributed by atoms with Gasteiger partial charge in [0.1, 0.15) is 46.9 Å². The molecular weight excluding hydrogens is 592 g/mol. The number of aromatic nitrogens is 2. The summed E-state index contributed by atoms with van der Waals surface area (Å²) in [6.07, 6.45) is 0. The second-order valence-corrected chi connectivity index (χ2v) is 11.6. The minimum absolute atomic E-state index is 0.0222. The maximum absolute atomic E-state index is 11.9. The Morgan fingerprint density at radius 2 is 1.83 bits per heavy atom. The maximum atomic E-state index is 11.9. The van der Waals surface area contributed by atoms with Crippen molar-refractivity contribution in [2.24, 2.45) is 11.7 Å². The third kappa shape index (κ3) is 7.38. The molecule has 0 aliphatic heterocycles. The molecule has 0 saturated heterocycles. The summed E-state index contributed by atoms with van der Waals surface area (Å²) >= 11 is 8.84. The fourth-order valence-electron chi connectivity index (χ4n) is 3.80. The van der Waals surface area contributed by atoms with Crippen LogP contribution in [-0.2, 0) is 15.3 Å². The molecule has 2 heterocycles. The van der Waals surface area contributed by atoms with Crippen molar-refractivity contribution in [3.05, 3.63) is 81.6 Å². The number of esters is 1. The Kier molecular flexibility index (Phi) is 10.4. The Balaban J connectivity index is 1.48. The minimum atomic E-state index is -0.681. The number of nitriles is 1. The van der Waals surface area contributed by atoms with E-state index in [9.17, 15) is 10.1 Å². The normalized spacial score (nSPS) is 11.5. The number of benzene rings is 2. The molecule has 0 fully saturated rings. The number of hydrogen-bond donors (Lipinski definition) is 2.